The van der Waals surface area contributed by atoms with Gasteiger partial charge in [0.05, 0.1) is 19.6 Å². The van der Waals surface area contributed by atoms with E-state index in [-0.39, 0.29) is 30.3 Å². The number of ether oxygens (including phenoxy) is 2. The molecule has 2 saturated heterocycles. The van der Waals surface area contributed by atoms with Crippen LogP contribution >= 0.6 is 11.6 Å². The third-order valence-electron chi connectivity index (χ3n) is 2.31. The first-order valence-corrected chi connectivity index (χ1v) is 5.03. The van der Waals surface area contributed by atoms with Gasteiger partial charge in [0.1, 0.15) is 5.76 Å². The van der Waals surface area contributed by atoms with Gasteiger partial charge in [-0.2, -0.15) is 0 Å². The molecule has 2 aliphatic heterocycles. The number of halogens is 1. The number of hydrogen-bond acceptors (Lipinski definition) is 4. The van der Waals surface area contributed by atoms with E-state index in [1.54, 1.807) is 6.92 Å². The van der Waals surface area contributed by atoms with Gasteiger partial charge in [-0.05, 0) is 6.92 Å². The van der Waals surface area contributed by atoms with Crippen LogP contribution in [0, 0.1) is 0 Å². The van der Waals surface area contributed by atoms with Gasteiger partial charge in [0.2, 0.25) is 5.91 Å². The maximum absolute atomic E-state index is 11.2. The zero-order valence-electron chi connectivity index (χ0n) is 8.16. The second-order valence-corrected chi connectivity index (χ2v) is 3.63. The summed E-state index contributed by atoms with van der Waals surface area (Å²) in [7, 11) is 0. The first-order valence-electron chi connectivity index (χ1n) is 4.65. The van der Waals surface area contributed by atoms with E-state index in [4.69, 9.17) is 21.1 Å². The minimum Gasteiger partial charge on any atom is -0.470 e. The molecule has 0 aromatic heterocycles. The first-order chi connectivity index (χ1) is 7.13. The Bertz CT molecular complexity index is 352. The number of carbonyl (C=O) groups excluding carboxylic acids is 2. The fourth-order valence-electron chi connectivity index (χ4n) is 1.51. The van der Waals surface area contributed by atoms with E-state index < -0.39 is 5.97 Å². The monoisotopic (exact) mass is 231 g/mol. The van der Waals surface area contributed by atoms with Gasteiger partial charge in [0.25, 0.3) is 0 Å². The summed E-state index contributed by atoms with van der Waals surface area (Å²) in [6.45, 7) is 2.22. The highest BCUT2D eigenvalue weighted by atomic mass is 35.5. The maximum Gasteiger partial charge on any atom is 0.353 e. The van der Waals surface area contributed by atoms with Gasteiger partial charge >= 0.3 is 5.97 Å². The van der Waals surface area contributed by atoms with Crippen LogP contribution in [0.3, 0.4) is 0 Å². The van der Waals surface area contributed by atoms with E-state index in [0.717, 1.165) is 0 Å². The predicted molar refractivity (Wildman–Crippen MR) is 50.7 cm³/mol. The topological polar surface area (TPSA) is 55.8 Å². The van der Waals surface area contributed by atoms with Gasteiger partial charge in [-0.15, -0.1) is 0 Å². The molecule has 5 nitrogen and oxygen atoms in total. The molecule has 2 fully saturated rings. The van der Waals surface area contributed by atoms with Crippen LogP contribution in [0.5, 0.6) is 0 Å². The Balaban J connectivity index is 2.07. The van der Waals surface area contributed by atoms with E-state index >= 15 is 0 Å². The van der Waals surface area contributed by atoms with Crippen molar-refractivity contribution in [2.75, 3.05) is 13.2 Å². The Morgan fingerprint density at radius 1 is 1.73 bits per heavy atom. The highest BCUT2D eigenvalue weighted by molar-refractivity contribution is 6.41. The Hall–Kier alpha value is -1.23. The Kier molecular flexibility index (Phi) is 2.56. The van der Waals surface area contributed by atoms with Crippen LogP contribution in [-0.2, 0) is 19.1 Å². The average Bonchev–Trinajstić information content (AvgIpc) is 2.54. The molecule has 0 radical (unpaired) electrons. The average molecular weight is 232 g/mol. The van der Waals surface area contributed by atoms with E-state index in [2.05, 4.69) is 0 Å². The van der Waals surface area contributed by atoms with Crippen molar-refractivity contribution in [3.63, 3.8) is 0 Å². The number of β-lactam (4-membered cyclic amide) rings is 1. The number of fused-ring (bicyclic) bond motifs is 1. The third kappa shape index (κ3) is 1.67. The van der Waals surface area contributed by atoms with E-state index in [0.29, 0.717) is 12.2 Å². The Morgan fingerprint density at radius 3 is 3.00 bits per heavy atom. The second kappa shape index (κ2) is 3.73. The number of rotatable bonds is 2. The summed E-state index contributed by atoms with van der Waals surface area (Å²) in [6, 6.07) is 0. The van der Waals surface area contributed by atoms with Crippen molar-refractivity contribution in [2.45, 2.75) is 19.6 Å². The Labute approximate surface area is 91.6 Å². The van der Waals surface area contributed by atoms with Gasteiger partial charge in [0.15, 0.2) is 11.3 Å². The minimum atomic E-state index is -0.607. The number of hydrogen-bond donors (Lipinski definition) is 0. The molecule has 1 unspecified atom stereocenters. The molecule has 2 heterocycles. The molecule has 0 aromatic carbocycles. The molecular formula is C9H10ClNO4. The van der Waals surface area contributed by atoms with Crippen LogP contribution in [0.25, 0.3) is 0 Å². The lowest BCUT2D eigenvalue weighted by Crippen LogP contribution is -2.48. The molecule has 0 spiro atoms. The van der Waals surface area contributed by atoms with Crippen molar-refractivity contribution in [1.82, 2.24) is 4.90 Å². The smallest absolute Gasteiger partial charge is 0.353 e. The first kappa shape index (κ1) is 10.3. The summed E-state index contributed by atoms with van der Waals surface area (Å²) in [6.07, 6.45) is 0.118. The predicted octanol–water partition coefficient (Wildman–Crippen LogP) is 0.589. The fourth-order valence-corrected chi connectivity index (χ4v) is 1.66. The van der Waals surface area contributed by atoms with Crippen LogP contribution in [0.2, 0.25) is 0 Å². The van der Waals surface area contributed by atoms with Crippen LogP contribution in [0.4, 0.5) is 0 Å². The molecular weight excluding hydrogens is 222 g/mol. The summed E-state index contributed by atoms with van der Waals surface area (Å²) in [5.74, 6) is -0.265. The summed E-state index contributed by atoms with van der Waals surface area (Å²) in [4.78, 5) is 23.8. The molecule has 0 bridgehead atoms. The summed E-state index contributed by atoms with van der Waals surface area (Å²) in [5.41, 5.74) is 0. The zero-order chi connectivity index (χ0) is 11.0. The lowest BCUT2D eigenvalue weighted by molar-refractivity contribution is -0.154. The summed E-state index contributed by atoms with van der Waals surface area (Å²) >= 11 is 5.76. The fraction of sp³-hybridized carbons (Fsp3) is 0.556. The molecule has 6 heteroatoms. The van der Waals surface area contributed by atoms with Crippen molar-refractivity contribution >= 4 is 23.5 Å². The number of amides is 1. The molecule has 2 rings (SSSR count). The van der Waals surface area contributed by atoms with Gasteiger partial charge in [-0.25, -0.2) is 4.79 Å². The van der Waals surface area contributed by atoms with E-state index in [9.17, 15) is 9.59 Å². The molecule has 1 amide bonds. The summed E-state index contributed by atoms with van der Waals surface area (Å²) in [5, 5.41) is -0.0703. The van der Waals surface area contributed by atoms with E-state index in [1.807, 2.05) is 0 Å². The zero-order valence-corrected chi connectivity index (χ0v) is 8.91. The molecule has 0 saturated carbocycles. The normalized spacial score (nSPS) is 26.7. The quantitative estimate of drug-likeness (QED) is 0.397. The molecule has 0 aromatic rings. The SMILES string of the molecule is CCOC(=O)C(Cl)=C1CN2C(=O)CC2O1. The second-order valence-electron chi connectivity index (χ2n) is 3.26. The van der Waals surface area contributed by atoms with Gasteiger partial charge in [0, 0.05) is 0 Å². The van der Waals surface area contributed by atoms with Gasteiger partial charge in [-0.1, -0.05) is 11.6 Å². The van der Waals surface area contributed by atoms with Crippen molar-refractivity contribution in [3.8, 4) is 0 Å². The molecule has 0 aliphatic carbocycles. The van der Waals surface area contributed by atoms with Crippen molar-refractivity contribution in [1.29, 1.82) is 0 Å². The van der Waals surface area contributed by atoms with Crippen LogP contribution in [0.15, 0.2) is 10.8 Å². The summed E-state index contributed by atoms with van der Waals surface area (Å²) < 4.78 is 10.0. The largest absolute Gasteiger partial charge is 0.470 e. The lowest BCUT2D eigenvalue weighted by atomic mass is 10.2. The van der Waals surface area contributed by atoms with Gasteiger partial charge in [-0.3, -0.25) is 9.69 Å². The number of esters is 1. The van der Waals surface area contributed by atoms with Crippen LogP contribution < -0.4 is 0 Å². The highest BCUT2D eigenvalue weighted by Gasteiger charge is 2.45. The van der Waals surface area contributed by atoms with Crippen molar-refractivity contribution < 1.29 is 19.1 Å². The lowest BCUT2D eigenvalue weighted by Gasteiger charge is -2.30. The third-order valence-corrected chi connectivity index (χ3v) is 2.67. The maximum atomic E-state index is 11.2. The molecule has 1 atom stereocenters. The molecule has 2 aliphatic rings. The van der Waals surface area contributed by atoms with Crippen LogP contribution in [0.1, 0.15) is 13.3 Å². The standard InChI is InChI=1S/C9H10ClNO4/c1-2-14-9(13)8(10)5-4-11-6(12)3-7(11)15-5/h7H,2-4H2,1H3. The number of carbonyl (C=O) groups is 2. The molecule has 0 N–H and O–H groups in total. The van der Waals surface area contributed by atoms with Crippen molar-refractivity contribution in [3.05, 3.63) is 10.8 Å². The highest BCUT2D eigenvalue weighted by Crippen LogP contribution is 2.33. The number of nitrogens with zero attached hydrogens (tertiary/aromatic N) is 1. The Morgan fingerprint density at radius 2 is 2.47 bits per heavy atom. The molecule has 82 valence electrons. The van der Waals surface area contributed by atoms with Crippen LogP contribution in [-0.4, -0.2) is 36.2 Å². The van der Waals surface area contributed by atoms with Gasteiger partial charge < -0.3 is 9.47 Å². The minimum absolute atomic E-state index is 0.0170. The van der Waals surface area contributed by atoms with Crippen molar-refractivity contribution in [2.24, 2.45) is 0 Å². The molecule has 15 heavy (non-hydrogen) atoms. The van der Waals surface area contributed by atoms with E-state index in [1.165, 1.54) is 4.90 Å².